The Morgan fingerprint density at radius 3 is 2.61 bits per heavy atom. The summed E-state index contributed by atoms with van der Waals surface area (Å²) in [6.45, 7) is -0.528. The summed E-state index contributed by atoms with van der Waals surface area (Å²) in [7, 11) is -0.691. The van der Waals surface area contributed by atoms with Gasteiger partial charge in [-0.1, -0.05) is 0 Å². The van der Waals surface area contributed by atoms with E-state index in [1.807, 2.05) is 0 Å². The van der Waals surface area contributed by atoms with E-state index in [4.69, 9.17) is 5.11 Å². The van der Waals surface area contributed by atoms with E-state index in [0.717, 1.165) is 10.5 Å². The van der Waals surface area contributed by atoms with Gasteiger partial charge in [0.25, 0.3) is 0 Å². The first-order valence-electron chi connectivity index (χ1n) is 4.82. The molecule has 18 heavy (non-hydrogen) atoms. The van der Waals surface area contributed by atoms with Crippen LogP contribution in [0.15, 0.2) is 23.2 Å². The molecule has 100 valence electrons. The first-order valence-corrected chi connectivity index (χ1v) is 6.26. The Balaban J connectivity index is 2.72. The van der Waals surface area contributed by atoms with Crippen molar-refractivity contribution in [3.8, 4) is 0 Å². The van der Waals surface area contributed by atoms with Gasteiger partial charge in [-0.2, -0.15) is 0 Å². The van der Waals surface area contributed by atoms with Crippen molar-refractivity contribution < 1.29 is 23.2 Å². The van der Waals surface area contributed by atoms with Gasteiger partial charge in [0.15, 0.2) is 6.61 Å². The second-order valence-corrected chi connectivity index (χ2v) is 5.60. The number of anilines is 1. The number of hydrogen-bond acceptors (Lipinski definition) is 6. The summed E-state index contributed by atoms with van der Waals surface area (Å²) in [5, 5.41) is 8.33. The molecule has 0 aliphatic heterocycles. The molecule has 0 aliphatic carbocycles. The van der Waals surface area contributed by atoms with Crippen molar-refractivity contribution in [2.75, 3.05) is 26.2 Å². The molecule has 2 N–H and O–H groups in total. The zero-order valence-corrected chi connectivity index (χ0v) is 10.6. The second kappa shape index (κ2) is 5.76. The number of carboxylic acids is 1. The molecule has 0 radical (unpaired) electrons. The third-order valence-corrected chi connectivity index (χ3v) is 3.69. The van der Waals surface area contributed by atoms with Gasteiger partial charge in [-0.3, -0.25) is 4.84 Å². The van der Waals surface area contributed by atoms with Crippen LogP contribution in [-0.2, 0) is 19.7 Å². The molecule has 0 amide bonds. The fourth-order valence-corrected chi connectivity index (χ4v) is 1.82. The molecular weight excluding hydrogens is 262 g/mol. The molecular formula is C9H13N3O5S. The predicted octanol–water partition coefficient (Wildman–Crippen LogP) is -0.240. The lowest BCUT2D eigenvalue weighted by Crippen LogP contribution is -2.22. The first kappa shape index (κ1) is 14.4. The standard InChI is InChI=1S/C9H13N3O5S/c1-12(2)18(15,16)7-3-4-8(10-5-7)11-17-6-9(13)14/h3-5H,6H2,1-2H3,(H,10,11)(H,13,14). The SMILES string of the molecule is CN(C)S(=O)(=O)c1ccc(NOCC(=O)O)nc1. The Kier molecular flexibility index (Phi) is 4.59. The number of aromatic nitrogens is 1. The largest absolute Gasteiger partial charge is 0.479 e. The normalized spacial score (nSPS) is 11.5. The predicted molar refractivity (Wildman–Crippen MR) is 62.3 cm³/mol. The van der Waals surface area contributed by atoms with Crippen LogP contribution in [0.2, 0.25) is 0 Å². The van der Waals surface area contributed by atoms with Crippen LogP contribution in [0.1, 0.15) is 0 Å². The van der Waals surface area contributed by atoms with E-state index < -0.39 is 22.6 Å². The maximum Gasteiger partial charge on any atom is 0.332 e. The van der Waals surface area contributed by atoms with Gasteiger partial charge in [0.05, 0.1) is 0 Å². The average molecular weight is 275 g/mol. The number of nitrogens with one attached hydrogen (secondary N) is 1. The topological polar surface area (TPSA) is 109 Å². The lowest BCUT2D eigenvalue weighted by atomic mass is 10.5. The number of nitrogens with zero attached hydrogens (tertiary/aromatic N) is 2. The van der Waals surface area contributed by atoms with Gasteiger partial charge in [0, 0.05) is 20.3 Å². The van der Waals surface area contributed by atoms with Gasteiger partial charge in [-0.05, 0) is 12.1 Å². The number of aliphatic carboxylic acids is 1. The summed E-state index contributed by atoms with van der Waals surface area (Å²) in [5.41, 5.74) is 2.28. The summed E-state index contributed by atoms with van der Waals surface area (Å²) >= 11 is 0. The van der Waals surface area contributed by atoms with E-state index in [-0.39, 0.29) is 10.7 Å². The molecule has 0 bridgehead atoms. The number of carboxylic acid groups (broad SMARTS) is 1. The highest BCUT2D eigenvalue weighted by Gasteiger charge is 2.17. The molecule has 0 unspecified atom stereocenters. The Morgan fingerprint density at radius 2 is 2.17 bits per heavy atom. The van der Waals surface area contributed by atoms with Gasteiger partial charge in [0.2, 0.25) is 10.0 Å². The molecule has 1 rings (SSSR count). The second-order valence-electron chi connectivity index (χ2n) is 3.45. The molecule has 1 aromatic rings. The van der Waals surface area contributed by atoms with Crippen LogP contribution in [0.3, 0.4) is 0 Å². The molecule has 0 saturated carbocycles. The fourth-order valence-electron chi connectivity index (χ4n) is 0.976. The smallest absolute Gasteiger partial charge is 0.332 e. The number of rotatable bonds is 6. The number of pyridine rings is 1. The highest BCUT2D eigenvalue weighted by atomic mass is 32.2. The first-order chi connectivity index (χ1) is 8.34. The minimum absolute atomic E-state index is 0.0382. The summed E-state index contributed by atoms with van der Waals surface area (Å²) < 4.78 is 24.5. The van der Waals surface area contributed by atoms with E-state index in [2.05, 4.69) is 15.3 Å². The zero-order valence-electron chi connectivity index (χ0n) is 9.82. The van der Waals surface area contributed by atoms with E-state index >= 15 is 0 Å². The molecule has 0 aromatic carbocycles. The Bertz CT molecular complexity index is 512. The Morgan fingerprint density at radius 1 is 1.50 bits per heavy atom. The number of hydrogen-bond donors (Lipinski definition) is 2. The van der Waals surface area contributed by atoms with Gasteiger partial charge < -0.3 is 5.11 Å². The minimum atomic E-state index is -3.52. The molecule has 0 saturated heterocycles. The van der Waals surface area contributed by atoms with E-state index in [9.17, 15) is 13.2 Å². The summed E-state index contributed by atoms with van der Waals surface area (Å²) in [6, 6.07) is 2.72. The molecule has 0 aliphatic rings. The van der Waals surface area contributed by atoms with Crippen LogP contribution in [0, 0.1) is 0 Å². The average Bonchev–Trinajstić information content (AvgIpc) is 2.29. The quantitative estimate of drug-likeness (QED) is 0.689. The van der Waals surface area contributed by atoms with Gasteiger partial charge >= 0.3 is 5.97 Å². The lowest BCUT2D eigenvalue weighted by molar-refractivity contribution is -0.141. The van der Waals surface area contributed by atoms with Crippen LogP contribution in [0.4, 0.5) is 5.82 Å². The Labute approximate surface area is 104 Å². The molecule has 0 spiro atoms. The van der Waals surface area contributed by atoms with Crippen molar-refractivity contribution in [1.82, 2.24) is 9.29 Å². The van der Waals surface area contributed by atoms with E-state index in [1.54, 1.807) is 0 Å². The highest BCUT2D eigenvalue weighted by molar-refractivity contribution is 7.89. The van der Waals surface area contributed by atoms with Crippen LogP contribution < -0.4 is 5.48 Å². The molecule has 1 heterocycles. The van der Waals surface area contributed by atoms with Crippen LogP contribution >= 0.6 is 0 Å². The molecule has 8 nitrogen and oxygen atoms in total. The van der Waals surface area contributed by atoms with Crippen LogP contribution in [0.25, 0.3) is 0 Å². The Hall–Kier alpha value is -1.71. The summed E-state index contributed by atoms with van der Waals surface area (Å²) in [4.78, 5) is 18.6. The highest BCUT2D eigenvalue weighted by Crippen LogP contribution is 2.13. The van der Waals surface area contributed by atoms with Crippen molar-refractivity contribution in [1.29, 1.82) is 0 Å². The number of sulfonamides is 1. The third-order valence-electron chi connectivity index (χ3n) is 1.89. The monoisotopic (exact) mass is 275 g/mol. The summed E-state index contributed by atoms with van der Waals surface area (Å²) in [5.74, 6) is -0.914. The molecule has 0 atom stereocenters. The van der Waals surface area contributed by atoms with Gasteiger partial charge in [0.1, 0.15) is 10.7 Å². The van der Waals surface area contributed by atoms with Crippen molar-refractivity contribution in [2.24, 2.45) is 0 Å². The number of carbonyl (C=O) groups is 1. The van der Waals surface area contributed by atoms with E-state index in [0.29, 0.717) is 0 Å². The van der Waals surface area contributed by atoms with Gasteiger partial charge in [-0.25, -0.2) is 28.0 Å². The maximum absolute atomic E-state index is 11.7. The van der Waals surface area contributed by atoms with Crippen molar-refractivity contribution in [3.63, 3.8) is 0 Å². The molecule has 0 fully saturated rings. The lowest BCUT2D eigenvalue weighted by Gasteiger charge is -2.11. The molecule has 1 aromatic heterocycles. The van der Waals surface area contributed by atoms with Crippen molar-refractivity contribution in [2.45, 2.75) is 4.90 Å². The van der Waals surface area contributed by atoms with Crippen molar-refractivity contribution in [3.05, 3.63) is 18.3 Å². The zero-order chi connectivity index (χ0) is 13.8. The third kappa shape index (κ3) is 3.65. The van der Waals surface area contributed by atoms with E-state index in [1.165, 1.54) is 26.2 Å². The summed E-state index contributed by atoms with van der Waals surface area (Å²) in [6.07, 6.45) is 1.15. The van der Waals surface area contributed by atoms with Gasteiger partial charge in [-0.15, -0.1) is 0 Å². The molecule has 9 heteroatoms. The van der Waals surface area contributed by atoms with Crippen LogP contribution in [-0.4, -0.2) is 49.5 Å². The maximum atomic E-state index is 11.7. The fraction of sp³-hybridized carbons (Fsp3) is 0.333. The van der Waals surface area contributed by atoms with Crippen molar-refractivity contribution >= 4 is 21.8 Å². The minimum Gasteiger partial charge on any atom is -0.479 e. The van der Waals surface area contributed by atoms with Crippen LogP contribution in [0.5, 0.6) is 0 Å².